The lowest BCUT2D eigenvalue weighted by molar-refractivity contribution is 0.256. The van der Waals surface area contributed by atoms with Gasteiger partial charge in [-0.15, -0.1) is 10.2 Å². The van der Waals surface area contributed by atoms with Crippen molar-refractivity contribution in [3.8, 4) is 0 Å². The molecule has 0 saturated heterocycles. The maximum absolute atomic E-state index is 13.2. The summed E-state index contributed by atoms with van der Waals surface area (Å²) in [5.41, 5.74) is 2.65. The van der Waals surface area contributed by atoms with Gasteiger partial charge in [0.05, 0.1) is 6.54 Å². The van der Waals surface area contributed by atoms with Gasteiger partial charge in [0.2, 0.25) is 0 Å². The molecule has 0 spiro atoms. The molecular weight excluding hydrogens is 386 g/mol. The number of hydrogen-bond donors (Lipinski definition) is 1. The van der Waals surface area contributed by atoms with Gasteiger partial charge in [0.25, 0.3) is 0 Å². The summed E-state index contributed by atoms with van der Waals surface area (Å²) in [6, 6.07) is 14.8. The topological polar surface area (TPSA) is 63.1 Å². The summed E-state index contributed by atoms with van der Waals surface area (Å²) in [6.07, 6.45) is 4.36. The second-order valence-electron chi connectivity index (χ2n) is 7.35. The molecule has 0 atom stereocenters. The van der Waals surface area contributed by atoms with E-state index in [1.165, 1.54) is 6.42 Å². The second kappa shape index (κ2) is 8.66. The fourth-order valence-corrected chi connectivity index (χ4v) is 3.66. The van der Waals surface area contributed by atoms with Gasteiger partial charge in [0.15, 0.2) is 5.82 Å². The Morgan fingerprint density at radius 2 is 1.83 bits per heavy atom. The predicted octanol–water partition coefficient (Wildman–Crippen LogP) is 5.21. The Labute approximate surface area is 175 Å². The zero-order valence-corrected chi connectivity index (χ0v) is 17.2. The molecule has 1 aliphatic heterocycles. The van der Waals surface area contributed by atoms with Crippen molar-refractivity contribution in [3.63, 3.8) is 0 Å². The molecular formula is C22H24ClN5O. The van der Waals surface area contributed by atoms with Crippen LogP contribution >= 0.6 is 11.6 Å². The van der Waals surface area contributed by atoms with Crippen LogP contribution in [0.25, 0.3) is 0 Å². The van der Waals surface area contributed by atoms with E-state index in [9.17, 15) is 4.79 Å². The van der Waals surface area contributed by atoms with Crippen LogP contribution in [-0.4, -0.2) is 20.8 Å². The maximum atomic E-state index is 13.2. The first kappa shape index (κ1) is 19.5. The van der Waals surface area contributed by atoms with Crippen LogP contribution in [0.1, 0.15) is 36.5 Å². The van der Waals surface area contributed by atoms with Crippen LogP contribution in [-0.2, 0) is 19.5 Å². The van der Waals surface area contributed by atoms with E-state index in [0.717, 1.165) is 54.4 Å². The average molecular weight is 410 g/mol. The van der Waals surface area contributed by atoms with Gasteiger partial charge in [-0.05, 0) is 56.2 Å². The van der Waals surface area contributed by atoms with E-state index < -0.39 is 0 Å². The van der Waals surface area contributed by atoms with Crippen LogP contribution < -0.4 is 10.2 Å². The zero-order chi connectivity index (χ0) is 20.2. The van der Waals surface area contributed by atoms with Crippen molar-refractivity contribution in [2.75, 3.05) is 10.2 Å². The highest BCUT2D eigenvalue weighted by Crippen LogP contribution is 2.23. The van der Waals surface area contributed by atoms with Crippen LogP contribution in [0.5, 0.6) is 0 Å². The molecule has 150 valence electrons. The van der Waals surface area contributed by atoms with E-state index in [1.807, 2.05) is 43.3 Å². The van der Waals surface area contributed by atoms with Gasteiger partial charge in [-0.25, -0.2) is 4.79 Å². The molecule has 0 bridgehead atoms. The molecule has 6 nitrogen and oxygen atoms in total. The molecule has 0 radical (unpaired) electrons. The number of nitrogens with zero attached hydrogens (tertiary/aromatic N) is 4. The molecule has 0 aliphatic carbocycles. The van der Waals surface area contributed by atoms with Gasteiger partial charge in [-0.3, -0.25) is 4.90 Å². The first-order valence-corrected chi connectivity index (χ1v) is 10.3. The molecule has 7 heteroatoms. The Morgan fingerprint density at radius 3 is 2.59 bits per heavy atom. The van der Waals surface area contributed by atoms with E-state index in [2.05, 4.69) is 20.1 Å². The summed E-state index contributed by atoms with van der Waals surface area (Å²) in [5.74, 6) is 1.81. The summed E-state index contributed by atoms with van der Waals surface area (Å²) in [7, 11) is 0. The number of carbonyl (C=O) groups excluding carboxylic acids is 1. The SMILES string of the molecule is Cc1ccc(NC(=O)N(Cc2nnc3n2CCCCC3)c2ccc(Cl)cc2)cc1. The number of rotatable bonds is 4. The number of anilines is 2. The zero-order valence-electron chi connectivity index (χ0n) is 16.4. The van der Waals surface area contributed by atoms with Crippen molar-refractivity contribution in [3.05, 3.63) is 70.8 Å². The summed E-state index contributed by atoms with van der Waals surface area (Å²) in [4.78, 5) is 14.8. The van der Waals surface area contributed by atoms with Crippen molar-refractivity contribution in [1.82, 2.24) is 14.8 Å². The Hall–Kier alpha value is -2.86. The fraction of sp³-hybridized carbons (Fsp3) is 0.318. The molecule has 2 heterocycles. The van der Waals surface area contributed by atoms with Gasteiger partial charge in [0.1, 0.15) is 5.82 Å². The highest BCUT2D eigenvalue weighted by atomic mass is 35.5. The van der Waals surface area contributed by atoms with Gasteiger partial charge in [-0.1, -0.05) is 35.7 Å². The number of amides is 2. The number of aromatic nitrogens is 3. The van der Waals surface area contributed by atoms with E-state index in [1.54, 1.807) is 17.0 Å². The highest BCUT2D eigenvalue weighted by Gasteiger charge is 2.22. The number of aryl methyl sites for hydroxylation is 2. The number of fused-ring (bicyclic) bond motifs is 1. The van der Waals surface area contributed by atoms with E-state index in [0.29, 0.717) is 11.6 Å². The number of carbonyl (C=O) groups is 1. The molecule has 29 heavy (non-hydrogen) atoms. The second-order valence-corrected chi connectivity index (χ2v) is 7.79. The molecule has 3 aromatic rings. The van der Waals surface area contributed by atoms with Crippen LogP contribution in [0.15, 0.2) is 48.5 Å². The quantitative estimate of drug-likeness (QED) is 0.643. The Bertz CT molecular complexity index is 981. The van der Waals surface area contributed by atoms with Crippen molar-refractivity contribution in [2.45, 2.75) is 45.7 Å². The fourth-order valence-electron chi connectivity index (χ4n) is 3.53. The summed E-state index contributed by atoms with van der Waals surface area (Å²) < 4.78 is 2.16. The minimum atomic E-state index is -0.220. The number of benzene rings is 2. The van der Waals surface area contributed by atoms with Crippen molar-refractivity contribution < 1.29 is 4.79 Å². The minimum absolute atomic E-state index is 0.220. The molecule has 4 rings (SSSR count). The number of halogens is 1. The summed E-state index contributed by atoms with van der Waals surface area (Å²) in [5, 5.41) is 12.4. The third-order valence-electron chi connectivity index (χ3n) is 5.17. The lowest BCUT2D eigenvalue weighted by Crippen LogP contribution is -2.35. The van der Waals surface area contributed by atoms with Gasteiger partial charge in [-0.2, -0.15) is 0 Å². The molecule has 2 amide bonds. The summed E-state index contributed by atoms with van der Waals surface area (Å²) in [6.45, 7) is 3.25. The maximum Gasteiger partial charge on any atom is 0.326 e. The number of urea groups is 1. The van der Waals surface area contributed by atoms with Crippen LogP contribution in [0, 0.1) is 6.92 Å². The lowest BCUT2D eigenvalue weighted by atomic mass is 10.2. The number of hydrogen-bond acceptors (Lipinski definition) is 3. The highest BCUT2D eigenvalue weighted by molar-refractivity contribution is 6.30. The molecule has 1 N–H and O–H groups in total. The third-order valence-corrected chi connectivity index (χ3v) is 5.42. The van der Waals surface area contributed by atoms with Gasteiger partial charge >= 0.3 is 6.03 Å². The van der Waals surface area contributed by atoms with Crippen LogP contribution in [0.4, 0.5) is 16.2 Å². The first-order chi connectivity index (χ1) is 14.1. The van der Waals surface area contributed by atoms with Gasteiger partial charge < -0.3 is 9.88 Å². The molecule has 0 unspecified atom stereocenters. The first-order valence-electron chi connectivity index (χ1n) is 9.92. The average Bonchev–Trinajstić information content (AvgIpc) is 2.94. The monoisotopic (exact) mass is 409 g/mol. The van der Waals surface area contributed by atoms with Gasteiger partial charge in [0, 0.05) is 29.4 Å². The molecule has 0 fully saturated rings. The Balaban J connectivity index is 1.62. The normalized spacial score (nSPS) is 13.4. The van der Waals surface area contributed by atoms with E-state index in [-0.39, 0.29) is 6.03 Å². The van der Waals surface area contributed by atoms with Crippen molar-refractivity contribution in [1.29, 1.82) is 0 Å². The lowest BCUT2D eigenvalue weighted by Gasteiger charge is -2.23. The smallest absolute Gasteiger partial charge is 0.313 e. The van der Waals surface area contributed by atoms with Crippen LogP contribution in [0.3, 0.4) is 0 Å². The van der Waals surface area contributed by atoms with E-state index in [4.69, 9.17) is 11.6 Å². The Morgan fingerprint density at radius 1 is 1.07 bits per heavy atom. The molecule has 2 aromatic carbocycles. The largest absolute Gasteiger partial charge is 0.326 e. The number of nitrogens with one attached hydrogen (secondary N) is 1. The minimum Gasteiger partial charge on any atom is -0.313 e. The molecule has 0 saturated carbocycles. The molecule has 1 aromatic heterocycles. The van der Waals surface area contributed by atoms with Crippen molar-refractivity contribution in [2.24, 2.45) is 0 Å². The summed E-state index contributed by atoms with van der Waals surface area (Å²) >= 11 is 6.05. The standard InChI is InChI=1S/C22H24ClN5O/c1-16-6-10-18(11-7-16)24-22(29)28(19-12-8-17(23)9-13-19)15-21-26-25-20-5-3-2-4-14-27(20)21/h6-13H,2-5,14-15H2,1H3,(H,24,29). The third kappa shape index (κ3) is 4.59. The van der Waals surface area contributed by atoms with E-state index >= 15 is 0 Å². The Kier molecular flexibility index (Phi) is 5.81. The van der Waals surface area contributed by atoms with Crippen molar-refractivity contribution >= 4 is 29.0 Å². The van der Waals surface area contributed by atoms with Crippen LogP contribution in [0.2, 0.25) is 5.02 Å². The predicted molar refractivity (Wildman–Crippen MR) is 115 cm³/mol. The molecule has 1 aliphatic rings.